The molecule has 6 heteroatoms. The Labute approximate surface area is 156 Å². The predicted octanol–water partition coefficient (Wildman–Crippen LogP) is 5.84. The van der Waals surface area contributed by atoms with Gasteiger partial charge < -0.3 is 4.89 Å². The summed E-state index contributed by atoms with van der Waals surface area (Å²) >= 11 is 0. The van der Waals surface area contributed by atoms with Crippen molar-refractivity contribution in [1.82, 2.24) is 0 Å². The fourth-order valence-electron chi connectivity index (χ4n) is 2.16. The summed E-state index contributed by atoms with van der Waals surface area (Å²) < 4.78 is 21.5. The van der Waals surface area contributed by atoms with Gasteiger partial charge in [-0.1, -0.05) is 78.1 Å². The summed E-state index contributed by atoms with van der Waals surface area (Å²) in [6.45, 7) is 5.01. The largest absolute Gasteiger partial charge is 0.472 e. The fraction of sp³-hybridized carbons (Fsp3) is 1.00. The molecule has 0 aliphatic rings. The molecule has 0 aromatic carbocycles. The molecule has 22 heavy (non-hydrogen) atoms. The molecule has 0 saturated carbocycles. The first-order valence-electron chi connectivity index (χ1n) is 8.74. The molecule has 0 atom stereocenters. The summed E-state index contributed by atoms with van der Waals surface area (Å²) in [5.41, 5.74) is 0. The van der Waals surface area contributed by atoms with Gasteiger partial charge >= 0.3 is 7.82 Å². The van der Waals surface area contributed by atoms with Crippen LogP contribution in [0.2, 0.25) is 0 Å². The Morgan fingerprint density at radius 2 is 1.00 bits per heavy atom. The van der Waals surface area contributed by atoms with Crippen molar-refractivity contribution in [3.05, 3.63) is 0 Å². The topological polar surface area (TPSA) is 55.8 Å². The molecule has 0 fully saturated rings. The van der Waals surface area contributed by atoms with E-state index in [0.717, 1.165) is 25.7 Å². The van der Waals surface area contributed by atoms with Gasteiger partial charge in [-0.25, -0.2) is 4.57 Å². The van der Waals surface area contributed by atoms with Crippen LogP contribution in [-0.4, -0.2) is 18.1 Å². The second-order valence-corrected chi connectivity index (χ2v) is 7.12. The molecule has 0 aromatic rings. The molecule has 0 heterocycles. The molecule has 4 nitrogen and oxygen atoms in total. The number of unbranched alkanes of at least 4 members (excludes halogenated alkanes) is 10. The van der Waals surface area contributed by atoms with Crippen LogP contribution in [0.1, 0.15) is 90.9 Å². The SMILES string of the molecule is CCCCCCCCOP(=O)(O)OCCCCCCCC.[Zr]. The Kier molecular flexibility index (Phi) is 21.0. The van der Waals surface area contributed by atoms with Crippen molar-refractivity contribution in [2.75, 3.05) is 13.2 Å². The Morgan fingerprint density at radius 1 is 0.682 bits per heavy atom. The van der Waals surface area contributed by atoms with Crippen LogP contribution in [0, 0.1) is 0 Å². The first-order chi connectivity index (χ1) is 10.1. The standard InChI is InChI=1S/C16H35O4P.Zr/c1-3-5-7-9-11-13-15-19-21(17,18)20-16-14-12-10-8-6-4-2;/h3-16H2,1-2H3,(H,17,18);. The number of hydrogen-bond acceptors (Lipinski definition) is 3. The van der Waals surface area contributed by atoms with Crippen molar-refractivity contribution in [2.45, 2.75) is 90.9 Å². The smallest absolute Gasteiger partial charge is 0.302 e. The van der Waals surface area contributed by atoms with Gasteiger partial charge in [-0.2, -0.15) is 0 Å². The van der Waals surface area contributed by atoms with E-state index in [1.54, 1.807) is 0 Å². The molecule has 0 aliphatic carbocycles. The molecule has 1 N–H and O–H groups in total. The van der Waals surface area contributed by atoms with Gasteiger partial charge in [0.1, 0.15) is 0 Å². The zero-order valence-corrected chi connectivity index (χ0v) is 17.9. The summed E-state index contributed by atoms with van der Waals surface area (Å²) in [4.78, 5) is 9.51. The van der Waals surface area contributed by atoms with E-state index < -0.39 is 7.82 Å². The Balaban J connectivity index is 0. The second-order valence-electron chi connectivity index (χ2n) is 5.67. The molecular formula is C16H35O4PZr. The van der Waals surface area contributed by atoms with Crippen LogP contribution in [0.25, 0.3) is 0 Å². The second kappa shape index (κ2) is 18.3. The average Bonchev–Trinajstić information content (AvgIpc) is 2.45. The van der Waals surface area contributed by atoms with Crippen LogP contribution < -0.4 is 0 Å². The minimum atomic E-state index is -3.82. The molecule has 0 rings (SSSR count). The number of phosphoric acid groups is 1. The van der Waals surface area contributed by atoms with Crippen molar-refractivity contribution in [3.63, 3.8) is 0 Å². The van der Waals surface area contributed by atoms with Crippen molar-refractivity contribution in [2.24, 2.45) is 0 Å². The van der Waals surface area contributed by atoms with Gasteiger partial charge in [-0.3, -0.25) is 9.05 Å². The summed E-state index contributed by atoms with van der Waals surface area (Å²) in [6.07, 6.45) is 13.6. The van der Waals surface area contributed by atoms with Crippen LogP contribution in [-0.2, 0) is 39.8 Å². The number of phosphoric ester groups is 1. The molecule has 0 aliphatic heterocycles. The van der Waals surface area contributed by atoms with E-state index in [2.05, 4.69) is 13.8 Å². The molecule has 0 aromatic heterocycles. The Morgan fingerprint density at radius 3 is 1.36 bits per heavy atom. The Hall–Kier alpha value is 0.993. The van der Waals surface area contributed by atoms with Crippen LogP contribution in [0.3, 0.4) is 0 Å². The van der Waals surface area contributed by atoms with Gasteiger partial charge in [-0.05, 0) is 12.8 Å². The number of hydrogen-bond donors (Lipinski definition) is 1. The van der Waals surface area contributed by atoms with E-state index in [0.29, 0.717) is 13.2 Å². The Bertz CT molecular complexity index is 243. The monoisotopic (exact) mass is 412 g/mol. The van der Waals surface area contributed by atoms with Gasteiger partial charge in [0.2, 0.25) is 0 Å². The van der Waals surface area contributed by atoms with Crippen LogP contribution in [0.4, 0.5) is 0 Å². The minimum Gasteiger partial charge on any atom is -0.302 e. The maximum atomic E-state index is 11.6. The third-order valence-corrected chi connectivity index (χ3v) is 4.52. The molecule has 0 radical (unpaired) electrons. The molecular weight excluding hydrogens is 378 g/mol. The maximum Gasteiger partial charge on any atom is 0.472 e. The normalized spacial score (nSPS) is 11.4. The van der Waals surface area contributed by atoms with Crippen LogP contribution in [0.15, 0.2) is 0 Å². The molecule has 132 valence electrons. The zero-order valence-electron chi connectivity index (χ0n) is 14.5. The van der Waals surface area contributed by atoms with E-state index in [1.165, 1.54) is 51.4 Å². The van der Waals surface area contributed by atoms with E-state index in [-0.39, 0.29) is 26.2 Å². The molecule has 0 amide bonds. The van der Waals surface area contributed by atoms with Crippen molar-refractivity contribution >= 4 is 7.82 Å². The fourth-order valence-corrected chi connectivity index (χ4v) is 2.96. The van der Waals surface area contributed by atoms with Crippen molar-refractivity contribution in [1.29, 1.82) is 0 Å². The predicted molar refractivity (Wildman–Crippen MR) is 88.5 cm³/mol. The van der Waals surface area contributed by atoms with E-state index in [9.17, 15) is 9.46 Å². The van der Waals surface area contributed by atoms with Gasteiger partial charge in [0.15, 0.2) is 0 Å². The van der Waals surface area contributed by atoms with Gasteiger partial charge in [-0.15, -0.1) is 0 Å². The first-order valence-corrected chi connectivity index (χ1v) is 10.2. The van der Waals surface area contributed by atoms with Crippen molar-refractivity contribution in [3.8, 4) is 0 Å². The van der Waals surface area contributed by atoms with Gasteiger partial charge in [0, 0.05) is 26.2 Å². The summed E-state index contributed by atoms with van der Waals surface area (Å²) in [5.74, 6) is 0. The van der Waals surface area contributed by atoms with Gasteiger partial charge in [0.25, 0.3) is 0 Å². The van der Waals surface area contributed by atoms with E-state index >= 15 is 0 Å². The summed E-state index contributed by atoms with van der Waals surface area (Å²) in [7, 11) is -3.82. The van der Waals surface area contributed by atoms with Gasteiger partial charge in [0.05, 0.1) is 13.2 Å². The maximum absolute atomic E-state index is 11.6. The quantitative estimate of drug-likeness (QED) is 0.255. The summed E-state index contributed by atoms with van der Waals surface area (Å²) in [6, 6.07) is 0. The molecule has 0 saturated heterocycles. The van der Waals surface area contributed by atoms with E-state index in [4.69, 9.17) is 9.05 Å². The average molecular weight is 414 g/mol. The third-order valence-electron chi connectivity index (χ3n) is 3.50. The first kappa shape index (κ1) is 25.2. The van der Waals surface area contributed by atoms with E-state index in [1.807, 2.05) is 0 Å². The summed E-state index contributed by atoms with van der Waals surface area (Å²) in [5, 5.41) is 0. The van der Waals surface area contributed by atoms with Crippen LogP contribution >= 0.6 is 7.82 Å². The molecule has 0 unspecified atom stereocenters. The zero-order chi connectivity index (χ0) is 15.8. The third kappa shape index (κ3) is 19.0. The molecule has 0 spiro atoms. The van der Waals surface area contributed by atoms with Crippen LogP contribution in [0.5, 0.6) is 0 Å². The number of rotatable bonds is 16. The minimum absolute atomic E-state index is 0. The van der Waals surface area contributed by atoms with Crippen molar-refractivity contribution < 1.29 is 44.7 Å². The molecule has 0 bridgehead atoms.